The highest BCUT2D eigenvalue weighted by molar-refractivity contribution is 6.07. The molecule has 0 aliphatic rings. The van der Waals surface area contributed by atoms with Crippen LogP contribution < -0.4 is 9.47 Å². The summed E-state index contributed by atoms with van der Waals surface area (Å²) in [4.78, 5) is 12.8. The molecule has 5 aromatic rings. The van der Waals surface area contributed by atoms with Crippen molar-refractivity contribution in [1.82, 2.24) is 0 Å². The van der Waals surface area contributed by atoms with Crippen LogP contribution >= 0.6 is 0 Å². The van der Waals surface area contributed by atoms with Gasteiger partial charge in [0.1, 0.15) is 13.2 Å². The third-order valence-electron chi connectivity index (χ3n) is 6.15. The van der Waals surface area contributed by atoms with Crippen LogP contribution in [0.5, 0.6) is 11.5 Å². The molecule has 0 aliphatic heterocycles. The molecule has 0 bridgehead atoms. The van der Waals surface area contributed by atoms with Crippen molar-refractivity contribution in [3.05, 3.63) is 162 Å². The maximum absolute atomic E-state index is 12.8. The molecule has 186 valence electrons. The van der Waals surface area contributed by atoms with E-state index in [1.165, 1.54) is 0 Å². The van der Waals surface area contributed by atoms with E-state index in [1.807, 2.05) is 127 Å². The summed E-state index contributed by atoms with van der Waals surface area (Å²) in [7, 11) is 0. The van der Waals surface area contributed by atoms with Crippen LogP contribution in [0.2, 0.25) is 0 Å². The van der Waals surface area contributed by atoms with E-state index in [2.05, 4.69) is 12.1 Å². The van der Waals surface area contributed by atoms with Crippen LogP contribution in [0.15, 0.2) is 140 Å². The fraction of sp³-hybridized carbons (Fsp3) is 0.0571. The van der Waals surface area contributed by atoms with Crippen LogP contribution in [0.1, 0.15) is 27.0 Å². The molecule has 3 heteroatoms. The Kier molecular flexibility index (Phi) is 8.07. The van der Waals surface area contributed by atoms with Gasteiger partial charge in [0.05, 0.1) is 0 Å². The minimum atomic E-state index is -0.0548. The topological polar surface area (TPSA) is 35.5 Å². The first-order valence-corrected chi connectivity index (χ1v) is 12.6. The molecule has 38 heavy (non-hydrogen) atoms. The summed E-state index contributed by atoms with van der Waals surface area (Å²) in [5, 5.41) is 0. The molecular formula is C35H28O3. The van der Waals surface area contributed by atoms with Gasteiger partial charge >= 0.3 is 0 Å². The second-order valence-corrected chi connectivity index (χ2v) is 8.90. The van der Waals surface area contributed by atoms with Crippen molar-refractivity contribution in [2.75, 3.05) is 0 Å². The Morgan fingerprint density at radius 3 is 1.68 bits per heavy atom. The van der Waals surface area contributed by atoms with Crippen LogP contribution in [-0.4, -0.2) is 5.78 Å². The van der Waals surface area contributed by atoms with Gasteiger partial charge in [0, 0.05) is 5.56 Å². The largest absolute Gasteiger partial charge is 0.485 e. The maximum atomic E-state index is 12.8. The second kappa shape index (κ2) is 12.4. The average molecular weight is 497 g/mol. The molecule has 0 spiro atoms. The molecular weight excluding hydrogens is 468 g/mol. The lowest BCUT2D eigenvalue weighted by Gasteiger charge is -2.14. The number of hydrogen-bond acceptors (Lipinski definition) is 3. The third-order valence-corrected chi connectivity index (χ3v) is 6.15. The van der Waals surface area contributed by atoms with E-state index in [0.717, 1.165) is 27.8 Å². The van der Waals surface area contributed by atoms with Crippen molar-refractivity contribution in [3.8, 4) is 22.6 Å². The van der Waals surface area contributed by atoms with Crippen LogP contribution in [-0.2, 0) is 13.2 Å². The fourth-order valence-electron chi connectivity index (χ4n) is 4.06. The summed E-state index contributed by atoms with van der Waals surface area (Å²) in [6.45, 7) is 0.859. The van der Waals surface area contributed by atoms with Crippen molar-refractivity contribution in [2.45, 2.75) is 13.2 Å². The molecule has 0 N–H and O–H groups in total. The lowest BCUT2D eigenvalue weighted by molar-refractivity contribution is 0.104. The van der Waals surface area contributed by atoms with Crippen molar-refractivity contribution in [3.63, 3.8) is 0 Å². The molecule has 0 saturated carbocycles. The number of ether oxygens (including phenoxy) is 2. The number of allylic oxidation sites excluding steroid dienone is 1. The summed E-state index contributed by atoms with van der Waals surface area (Å²) in [6.07, 6.45) is 3.40. The minimum Gasteiger partial charge on any atom is -0.485 e. The van der Waals surface area contributed by atoms with E-state index in [4.69, 9.17) is 9.47 Å². The SMILES string of the molecule is O=C(C=Cc1ccc(OCc2ccccc2)c(OCc2ccccc2)c1)c1ccc(-c2ccccc2)cc1. The predicted octanol–water partition coefficient (Wildman–Crippen LogP) is 8.41. The second-order valence-electron chi connectivity index (χ2n) is 8.90. The molecule has 5 aromatic carbocycles. The zero-order valence-corrected chi connectivity index (χ0v) is 21.0. The number of carbonyl (C=O) groups excluding carboxylic acids is 1. The van der Waals surface area contributed by atoms with Crippen LogP contribution in [0.3, 0.4) is 0 Å². The highest BCUT2D eigenvalue weighted by Gasteiger charge is 2.09. The van der Waals surface area contributed by atoms with E-state index in [1.54, 1.807) is 6.08 Å². The normalized spacial score (nSPS) is 10.8. The fourth-order valence-corrected chi connectivity index (χ4v) is 4.06. The Morgan fingerprint density at radius 1 is 0.553 bits per heavy atom. The molecule has 0 fully saturated rings. The van der Waals surface area contributed by atoms with Gasteiger partial charge in [-0.3, -0.25) is 4.79 Å². The van der Waals surface area contributed by atoms with Gasteiger partial charge in [-0.15, -0.1) is 0 Å². The summed E-state index contributed by atoms with van der Waals surface area (Å²) in [5.41, 5.74) is 5.85. The first-order valence-electron chi connectivity index (χ1n) is 12.6. The number of carbonyl (C=O) groups is 1. The summed E-state index contributed by atoms with van der Waals surface area (Å²) in [6, 6.07) is 43.6. The first kappa shape index (κ1) is 24.8. The number of hydrogen-bond donors (Lipinski definition) is 0. The molecule has 0 radical (unpaired) electrons. The summed E-state index contributed by atoms with van der Waals surface area (Å²) < 4.78 is 12.2. The van der Waals surface area contributed by atoms with E-state index in [-0.39, 0.29) is 5.78 Å². The predicted molar refractivity (Wildman–Crippen MR) is 153 cm³/mol. The van der Waals surface area contributed by atoms with E-state index in [9.17, 15) is 4.79 Å². The van der Waals surface area contributed by atoms with E-state index >= 15 is 0 Å². The standard InChI is InChI=1S/C35H28O3/c36-33(32-20-18-31(19-21-32)30-14-8-3-9-15-30)22-16-27-17-23-34(37-25-28-10-4-1-5-11-28)35(24-27)38-26-29-12-6-2-7-13-29/h1-24H,25-26H2. The highest BCUT2D eigenvalue weighted by atomic mass is 16.5. The quantitative estimate of drug-likeness (QED) is 0.144. The van der Waals surface area contributed by atoms with Gasteiger partial charge in [-0.05, 0) is 46.0 Å². The summed E-state index contributed by atoms with van der Waals surface area (Å²) >= 11 is 0. The lowest BCUT2D eigenvalue weighted by Crippen LogP contribution is -2.01. The molecule has 0 heterocycles. The Morgan fingerprint density at radius 2 is 1.08 bits per heavy atom. The third kappa shape index (κ3) is 6.65. The number of benzene rings is 5. The van der Waals surface area contributed by atoms with Gasteiger partial charge in [0.15, 0.2) is 17.3 Å². The smallest absolute Gasteiger partial charge is 0.185 e. The average Bonchev–Trinajstić information content (AvgIpc) is 3.00. The maximum Gasteiger partial charge on any atom is 0.185 e. The van der Waals surface area contributed by atoms with Gasteiger partial charge in [0.2, 0.25) is 0 Å². The Bertz CT molecular complexity index is 1490. The number of rotatable bonds is 10. The first-order chi connectivity index (χ1) is 18.7. The number of ketones is 1. The zero-order chi connectivity index (χ0) is 26.0. The van der Waals surface area contributed by atoms with E-state index in [0.29, 0.717) is 30.3 Å². The Labute approximate surface area is 223 Å². The van der Waals surface area contributed by atoms with Crippen LogP contribution in [0.4, 0.5) is 0 Å². The van der Waals surface area contributed by atoms with Crippen molar-refractivity contribution < 1.29 is 14.3 Å². The van der Waals surface area contributed by atoms with Gasteiger partial charge in [0.25, 0.3) is 0 Å². The molecule has 5 rings (SSSR count). The van der Waals surface area contributed by atoms with Gasteiger partial charge in [-0.25, -0.2) is 0 Å². The molecule has 0 aromatic heterocycles. The van der Waals surface area contributed by atoms with Crippen molar-refractivity contribution in [2.24, 2.45) is 0 Å². The molecule has 0 saturated heterocycles. The van der Waals surface area contributed by atoms with Crippen molar-refractivity contribution >= 4 is 11.9 Å². The molecule has 3 nitrogen and oxygen atoms in total. The monoisotopic (exact) mass is 496 g/mol. The van der Waals surface area contributed by atoms with E-state index < -0.39 is 0 Å². The van der Waals surface area contributed by atoms with Gasteiger partial charge in [-0.2, -0.15) is 0 Å². The van der Waals surface area contributed by atoms with Gasteiger partial charge in [-0.1, -0.05) is 127 Å². The highest BCUT2D eigenvalue weighted by Crippen LogP contribution is 2.31. The van der Waals surface area contributed by atoms with Gasteiger partial charge < -0.3 is 9.47 Å². The molecule has 0 unspecified atom stereocenters. The molecule has 0 amide bonds. The molecule has 0 aliphatic carbocycles. The van der Waals surface area contributed by atoms with Crippen LogP contribution in [0, 0.1) is 0 Å². The Hall–Kier alpha value is -4.89. The van der Waals surface area contributed by atoms with Crippen LogP contribution in [0.25, 0.3) is 17.2 Å². The van der Waals surface area contributed by atoms with Crippen molar-refractivity contribution in [1.29, 1.82) is 0 Å². The molecule has 0 atom stereocenters. The lowest BCUT2D eigenvalue weighted by atomic mass is 10.0. The Balaban J connectivity index is 1.31. The zero-order valence-electron chi connectivity index (χ0n) is 21.0. The summed E-state index contributed by atoms with van der Waals surface area (Å²) in [5.74, 6) is 1.23. The minimum absolute atomic E-state index is 0.0548.